The summed E-state index contributed by atoms with van der Waals surface area (Å²) in [6.07, 6.45) is 1.01. The molecule has 35 heavy (non-hydrogen) atoms. The maximum atomic E-state index is 13.0. The number of nitrogens with zero attached hydrogens (tertiary/aromatic N) is 3. The number of carbonyl (C=O) groups excluding carboxylic acids is 2. The molecule has 0 unspecified atom stereocenters. The van der Waals surface area contributed by atoms with Gasteiger partial charge in [0.15, 0.2) is 9.84 Å². The smallest absolute Gasteiger partial charge is 0.226 e. The van der Waals surface area contributed by atoms with Crippen molar-refractivity contribution < 1.29 is 18.0 Å². The number of benzene rings is 2. The van der Waals surface area contributed by atoms with Gasteiger partial charge in [0.25, 0.3) is 0 Å². The van der Waals surface area contributed by atoms with Gasteiger partial charge >= 0.3 is 0 Å². The lowest BCUT2D eigenvalue weighted by Crippen LogP contribution is -2.49. The molecule has 0 spiro atoms. The van der Waals surface area contributed by atoms with Crippen molar-refractivity contribution in [2.75, 3.05) is 41.7 Å². The third kappa shape index (κ3) is 5.22. The fraction of sp³-hybridized carbons (Fsp3) is 0.481. The minimum absolute atomic E-state index is 0.0132. The predicted octanol–water partition coefficient (Wildman–Crippen LogP) is 3.50. The summed E-state index contributed by atoms with van der Waals surface area (Å²) in [5.41, 5.74) is 5.28. The lowest BCUT2D eigenvalue weighted by Gasteiger charge is -2.37. The molecule has 2 aromatic rings. The molecule has 2 heterocycles. The molecule has 1 saturated heterocycles. The van der Waals surface area contributed by atoms with Crippen LogP contribution in [0.5, 0.6) is 0 Å². The van der Waals surface area contributed by atoms with Crippen LogP contribution < -0.4 is 9.80 Å². The molecule has 188 valence electrons. The SMILES string of the molecule is CCC(=O)N1c2ccc(S(=O)(=O)CCC(=O)N3CCN(c4cc(C)ccc4C)CC3)cc2C[C@H]1C. The van der Waals surface area contributed by atoms with E-state index < -0.39 is 9.84 Å². The van der Waals surface area contributed by atoms with Crippen molar-refractivity contribution in [2.24, 2.45) is 0 Å². The number of anilines is 2. The molecule has 2 aliphatic rings. The van der Waals surface area contributed by atoms with Crippen molar-refractivity contribution in [2.45, 2.75) is 57.9 Å². The Morgan fingerprint density at radius 3 is 2.34 bits per heavy atom. The Bertz CT molecular complexity index is 1230. The Balaban J connectivity index is 1.36. The van der Waals surface area contributed by atoms with Crippen LogP contribution in [-0.2, 0) is 25.8 Å². The summed E-state index contributed by atoms with van der Waals surface area (Å²) in [6.45, 7) is 10.6. The minimum atomic E-state index is -3.60. The molecule has 2 amide bonds. The third-order valence-electron chi connectivity index (χ3n) is 7.12. The van der Waals surface area contributed by atoms with E-state index in [4.69, 9.17) is 0 Å². The first-order valence-electron chi connectivity index (χ1n) is 12.4. The van der Waals surface area contributed by atoms with Crippen LogP contribution >= 0.6 is 0 Å². The summed E-state index contributed by atoms with van der Waals surface area (Å²) in [5, 5.41) is 0. The first kappa shape index (κ1) is 25.2. The van der Waals surface area contributed by atoms with Crippen molar-refractivity contribution in [3.05, 3.63) is 53.1 Å². The Morgan fingerprint density at radius 2 is 1.66 bits per heavy atom. The average molecular weight is 498 g/mol. The fourth-order valence-electron chi connectivity index (χ4n) is 5.11. The summed E-state index contributed by atoms with van der Waals surface area (Å²) in [7, 11) is -3.60. The molecule has 7 nitrogen and oxygen atoms in total. The van der Waals surface area contributed by atoms with E-state index in [0.29, 0.717) is 25.9 Å². The molecule has 1 atom stereocenters. The lowest BCUT2D eigenvalue weighted by molar-refractivity contribution is -0.131. The predicted molar refractivity (Wildman–Crippen MR) is 139 cm³/mol. The quantitative estimate of drug-likeness (QED) is 0.610. The van der Waals surface area contributed by atoms with Gasteiger partial charge in [0.05, 0.1) is 10.6 Å². The van der Waals surface area contributed by atoms with Crippen LogP contribution in [0.25, 0.3) is 0 Å². The van der Waals surface area contributed by atoms with E-state index in [9.17, 15) is 18.0 Å². The Hall–Kier alpha value is -2.87. The van der Waals surface area contributed by atoms with Gasteiger partial charge < -0.3 is 14.7 Å². The van der Waals surface area contributed by atoms with Gasteiger partial charge in [-0.3, -0.25) is 9.59 Å². The van der Waals surface area contributed by atoms with Crippen LogP contribution in [0.4, 0.5) is 11.4 Å². The van der Waals surface area contributed by atoms with Crippen LogP contribution in [0.1, 0.15) is 43.4 Å². The monoisotopic (exact) mass is 497 g/mol. The van der Waals surface area contributed by atoms with Crippen LogP contribution in [0.15, 0.2) is 41.3 Å². The number of rotatable bonds is 6. The second kappa shape index (κ2) is 10.0. The number of aryl methyl sites for hydroxylation is 2. The standard InChI is InChI=1S/C27H35N3O4S/c1-5-26(31)30-21(4)17-22-18-23(8-9-24(22)30)35(33,34)15-10-27(32)29-13-11-28(12-14-29)25-16-19(2)6-7-20(25)3/h6-9,16,18,21H,5,10-15,17H2,1-4H3/t21-/m1/s1. The molecule has 1 fully saturated rings. The zero-order valence-electron chi connectivity index (χ0n) is 21.1. The normalized spacial score (nSPS) is 18.1. The van der Waals surface area contributed by atoms with Crippen molar-refractivity contribution in [3.63, 3.8) is 0 Å². The molecule has 0 aliphatic carbocycles. The highest BCUT2D eigenvalue weighted by Gasteiger charge is 2.31. The molecular formula is C27H35N3O4S. The number of amides is 2. The fourth-order valence-corrected chi connectivity index (χ4v) is 6.38. The number of sulfone groups is 1. The van der Waals surface area contributed by atoms with Gasteiger partial charge in [-0.1, -0.05) is 19.1 Å². The highest BCUT2D eigenvalue weighted by Crippen LogP contribution is 2.34. The number of fused-ring (bicyclic) bond motifs is 1. The summed E-state index contributed by atoms with van der Waals surface area (Å²) in [5.74, 6) is -0.298. The van der Waals surface area contributed by atoms with E-state index >= 15 is 0 Å². The van der Waals surface area contributed by atoms with Crippen molar-refractivity contribution in [1.29, 1.82) is 0 Å². The van der Waals surface area contributed by atoms with Crippen molar-refractivity contribution in [3.8, 4) is 0 Å². The largest absolute Gasteiger partial charge is 0.368 e. The molecule has 2 aliphatic heterocycles. The first-order chi connectivity index (χ1) is 16.6. The number of hydrogen-bond donors (Lipinski definition) is 0. The van der Waals surface area contributed by atoms with Gasteiger partial charge in [0, 0.05) is 56.4 Å². The van der Waals surface area contributed by atoms with Gasteiger partial charge in [-0.05, 0) is 68.1 Å². The second-order valence-corrected chi connectivity index (χ2v) is 11.8. The highest BCUT2D eigenvalue weighted by molar-refractivity contribution is 7.91. The molecule has 2 aromatic carbocycles. The Labute approximate surface area is 208 Å². The van der Waals surface area contributed by atoms with Gasteiger partial charge in [0.1, 0.15) is 0 Å². The van der Waals surface area contributed by atoms with Crippen molar-refractivity contribution >= 4 is 33.0 Å². The first-order valence-corrected chi connectivity index (χ1v) is 14.0. The van der Waals surface area contributed by atoms with E-state index in [-0.39, 0.29) is 34.9 Å². The summed E-state index contributed by atoms with van der Waals surface area (Å²) in [6, 6.07) is 11.4. The van der Waals surface area contributed by atoms with Crippen LogP contribution in [0, 0.1) is 13.8 Å². The van der Waals surface area contributed by atoms with E-state index in [1.807, 2.05) is 13.8 Å². The van der Waals surface area contributed by atoms with Gasteiger partial charge in [-0.25, -0.2) is 8.42 Å². The van der Waals surface area contributed by atoms with Gasteiger partial charge in [-0.15, -0.1) is 0 Å². The van der Waals surface area contributed by atoms with Crippen LogP contribution in [0.3, 0.4) is 0 Å². The number of hydrogen-bond acceptors (Lipinski definition) is 5. The zero-order valence-corrected chi connectivity index (χ0v) is 21.9. The van der Waals surface area contributed by atoms with Gasteiger partial charge in [-0.2, -0.15) is 0 Å². The van der Waals surface area contributed by atoms with E-state index in [2.05, 4.69) is 36.9 Å². The molecule has 4 rings (SSSR count). The number of piperazine rings is 1. The molecule has 8 heteroatoms. The summed E-state index contributed by atoms with van der Waals surface area (Å²) in [4.78, 5) is 31.2. The molecule has 0 bridgehead atoms. The molecule has 0 N–H and O–H groups in total. The van der Waals surface area contributed by atoms with E-state index in [0.717, 1.165) is 24.3 Å². The summed E-state index contributed by atoms with van der Waals surface area (Å²) < 4.78 is 26.0. The third-order valence-corrected chi connectivity index (χ3v) is 8.83. The maximum Gasteiger partial charge on any atom is 0.226 e. The second-order valence-electron chi connectivity index (χ2n) is 9.69. The van der Waals surface area contributed by atoms with Gasteiger partial charge in [0.2, 0.25) is 11.8 Å². The summed E-state index contributed by atoms with van der Waals surface area (Å²) >= 11 is 0. The molecular weight excluding hydrogens is 462 g/mol. The van der Waals surface area contributed by atoms with Crippen LogP contribution in [0.2, 0.25) is 0 Å². The highest BCUT2D eigenvalue weighted by atomic mass is 32.2. The molecule has 0 radical (unpaired) electrons. The Kier molecular flexibility index (Phi) is 7.22. The lowest BCUT2D eigenvalue weighted by atomic mass is 10.1. The topological polar surface area (TPSA) is 78.0 Å². The van der Waals surface area contributed by atoms with E-state index in [1.54, 1.807) is 28.0 Å². The van der Waals surface area contributed by atoms with E-state index in [1.165, 1.54) is 16.8 Å². The molecule has 0 saturated carbocycles. The maximum absolute atomic E-state index is 13.0. The van der Waals surface area contributed by atoms with Crippen molar-refractivity contribution in [1.82, 2.24) is 4.90 Å². The Morgan fingerprint density at radius 1 is 0.943 bits per heavy atom. The molecule has 0 aromatic heterocycles. The van der Waals surface area contributed by atoms with Crippen LogP contribution in [-0.4, -0.2) is 63.1 Å². The number of carbonyl (C=O) groups is 2. The average Bonchev–Trinajstić information content (AvgIpc) is 3.18. The zero-order chi connectivity index (χ0) is 25.3. The minimum Gasteiger partial charge on any atom is -0.368 e.